The number of aromatic nitrogens is 3. The van der Waals surface area contributed by atoms with Crippen molar-refractivity contribution in [3.63, 3.8) is 0 Å². The molecule has 3 heterocycles. The van der Waals surface area contributed by atoms with Crippen molar-refractivity contribution in [3.8, 4) is 0 Å². The third-order valence-electron chi connectivity index (χ3n) is 5.10. The summed E-state index contributed by atoms with van der Waals surface area (Å²) in [7, 11) is 2.06. The lowest BCUT2D eigenvalue weighted by atomic mass is 10.2. The largest absolute Gasteiger partial charge is 0.350 e. The van der Waals surface area contributed by atoms with E-state index in [-0.39, 0.29) is 11.9 Å². The lowest BCUT2D eigenvalue weighted by Crippen LogP contribution is -2.28. The van der Waals surface area contributed by atoms with Crippen molar-refractivity contribution >= 4 is 27.8 Å². The van der Waals surface area contributed by atoms with E-state index in [0.717, 1.165) is 17.5 Å². The van der Waals surface area contributed by atoms with Gasteiger partial charge in [-0.15, -0.1) is 0 Å². The maximum absolute atomic E-state index is 12.9. The molecule has 0 radical (unpaired) electrons. The van der Waals surface area contributed by atoms with Gasteiger partial charge in [0.05, 0.1) is 16.6 Å². The Hall–Kier alpha value is -3.08. The third kappa shape index (κ3) is 2.99. The first kappa shape index (κ1) is 17.3. The van der Waals surface area contributed by atoms with Gasteiger partial charge in [0.2, 0.25) is 0 Å². The molecule has 0 aliphatic carbocycles. The summed E-state index contributed by atoms with van der Waals surface area (Å²) in [5.74, 6) is -0.0296. The molecule has 5 nitrogen and oxygen atoms in total. The summed E-state index contributed by atoms with van der Waals surface area (Å²) in [5.41, 5.74) is 5.28. The standard InChI is InChI=1S/C22H24N4O/c1-15(2)26-20(22(27)24-13-10-16-8-11-23-12-9-16)14-19-21(26)17-6-4-5-7-18(17)25(19)3/h4-9,11-12,14-15H,10,13H2,1-3H3,(H,24,27). The van der Waals surface area contributed by atoms with Crippen LogP contribution in [0.5, 0.6) is 0 Å². The summed E-state index contributed by atoms with van der Waals surface area (Å²) in [6, 6.07) is 14.5. The highest BCUT2D eigenvalue weighted by atomic mass is 16.1. The number of aryl methyl sites for hydroxylation is 1. The third-order valence-corrected chi connectivity index (χ3v) is 5.10. The van der Waals surface area contributed by atoms with Crippen LogP contribution in [0.1, 0.15) is 35.9 Å². The Balaban J connectivity index is 1.67. The van der Waals surface area contributed by atoms with Crippen molar-refractivity contribution in [2.45, 2.75) is 26.3 Å². The molecule has 4 rings (SSSR count). The Morgan fingerprint density at radius 1 is 1.11 bits per heavy atom. The van der Waals surface area contributed by atoms with E-state index >= 15 is 0 Å². The maximum atomic E-state index is 12.9. The second-order valence-corrected chi connectivity index (χ2v) is 7.16. The molecule has 27 heavy (non-hydrogen) atoms. The highest BCUT2D eigenvalue weighted by Gasteiger charge is 2.21. The monoisotopic (exact) mass is 360 g/mol. The Kier molecular flexibility index (Phi) is 4.44. The lowest BCUT2D eigenvalue weighted by Gasteiger charge is -2.14. The molecule has 0 spiro atoms. The van der Waals surface area contributed by atoms with Crippen LogP contribution in [0.3, 0.4) is 0 Å². The number of hydrogen-bond acceptors (Lipinski definition) is 2. The molecule has 3 aromatic heterocycles. The van der Waals surface area contributed by atoms with E-state index < -0.39 is 0 Å². The van der Waals surface area contributed by atoms with Gasteiger partial charge in [0.25, 0.3) is 5.91 Å². The first-order valence-corrected chi connectivity index (χ1v) is 9.33. The van der Waals surface area contributed by atoms with Crippen molar-refractivity contribution in [1.29, 1.82) is 0 Å². The van der Waals surface area contributed by atoms with Crippen LogP contribution < -0.4 is 5.32 Å². The number of carbonyl (C=O) groups excluding carboxylic acids is 1. The summed E-state index contributed by atoms with van der Waals surface area (Å²) < 4.78 is 4.32. The molecule has 0 bridgehead atoms. The zero-order valence-corrected chi connectivity index (χ0v) is 15.9. The summed E-state index contributed by atoms with van der Waals surface area (Å²) >= 11 is 0. The van der Waals surface area contributed by atoms with E-state index in [1.807, 2.05) is 30.3 Å². The van der Waals surface area contributed by atoms with E-state index in [2.05, 4.69) is 52.5 Å². The number of amides is 1. The number of nitrogens with one attached hydrogen (secondary N) is 1. The lowest BCUT2D eigenvalue weighted by molar-refractivity contribution is 0.0944. The minimum absolute atomic E-state index is 0.0296. The summed E-state index contributed by atoms with van der Waals surface area (Å²) in [6.07, 6.45) is 4.34. The van der Waals surface area contributed by atoms with Gasteiger partial charge in [-0.2, -0.15) is 0 Å². The van der Waals surface area contributed by atoms with E-state index in [1.54, 1.807) is 12.4 Å². The fraction of sp³-hybridized carbons (Fsp3) is 0.273. The average molecular weight is 360 g/mol. The quantitative estimate of drug-likeness (QED) is 0.583. The van der Waals surface area contributed by atoms with Gasteiger partial charge in [-0.25, -0.2) is 0 Å². The molecule has 0 aliphatic rings. The molecule has 0 aliphatic heterocycles. The fourth-order valence-corrected chi connectivity index (χ4v) is 3.80. The summed E-state index contributed by atoms with van der Waals surface area (Å²) in [5, 5.41) is 4.25. The zero-order chi connectivity index (χ0) is 19.0. The predicted octanol–water partition coefficient (Wildman–Crippen LogP) is 4.08. The molecule has 1 aromatic carbocycles. The molecule has 1 N–H and O–H groups in total. The Morgan fingerprint density at radius 2 is 1.85 bits per heavy atom. The van der Waals surface area contributed by atoms with Crippen LogP contribution in [0.15, 0.2) is 54.9 Å². The van der Waals surface area contributed by atoms with Gasteiger partial charge in [-0.3, -0.25) is 9.78 Å². The van der Waals surface area contributed by atoms with Gasteiger partial charge in [0, 0.05) is 37.4 Å². The van der Waals surface area contributed by atoms with E-state index in [1.165, 1.54) is 16.5 Å². The Labute approximate surface area is 158 Å². The molecule has 138 valence electrons. The number of fused-ring (bicyclic) bond motifs is 3. The second kappa shape index (κ2) is 6.91. The SMILES string of the molecule is CC(C)n1c(C(=O)NCCc2ccncc2)cc2c1c1ccccc1n2C. The van der Waals surface area contributed by atoms with Crippen LogP contribution in [-0.4, -0.2) is 26.6 Å². The fourth-order valence-electron chi connectivity index (χ4n) is 3.80. The zero-order valence-electron chi connectivity index (χ0n) is 15.9. The minimum Gasteiger partial charge on any atom is -0.350 e. The van der Waals surface area contributed by atoms with Crippen molar-refractivity contribution in [1.82, 2.24) is 19.4 Å². The highest BCUT2D eigenvalue weighted by molar-refractivity contribution is 6.10. The van der Waals surface area contributed by atoms with Crippen LogP contribution in [0.4, 0.5) is 0 Å². The molecule has 0 atom stereocenters. The second-order valence-electron chi connectivity index (χ2n) is 7.16. The first-order chi connectivity index (χ1) is 13.1. The van der Waals surface area contributed by atoms with Crippen LogP contribution >= 0.6 is 0 Å². The number of para-hydroxylation sites is 1. The van der Waals surface area contributed by atoms with Gasteiger partial charge in [0.1, 0.15) is 5.69 Å². The molecule has 1 amide bonds. The molecular formula is C22H24N4O. The molecule has 0 fully saturated rings. The molecule has 0 saturated heterocycles. The maximum Gasteiger partial charge on any atom is 0.268 e. The van der Waals surface area contributed by atoms with Gasteiger partial charge in [-0.05, 0) is 50.1 Å². The number of carbonyl (C=O) groups is 1. The van der Waals surface area contributed by atoms with Gasteiger partial charge in [0.15, 0.2) is 0 Å². The Bertz CT molecular complexity index is 1110. The van der Waals surface area contributed by atoms with Crippen LogP contribution in [0.2, 0.25) is 0 Å². The van der Waals surface area contributed by atoms with Crippen molar-refractivity contribution in [3.05, 3.63) is 66.1 Å². The Morgan fingerprint density at radius 3 is 2.59 bits per heavy atom. The first-order valence-electron chi connectivity index (χ1n) is 9.33. The number of benzene rings is 1. The highest BCUT2D eigenvalue weighted by Crippen LogP contribution is 2.33. The van der Waals surface area contributed by atoms with Crippen molar-refractivity contribution < 1.29 is 4.79 Å². The minimum atomic E-state index is -0.0296. The average Bonchev–Trinajstić information content (AvgIpc) is 3.20. The normalized spacial score (nSPS) is 11.6. The van der Waals surface area contributed by atoms with Crippen molar-refractivity contribution in [2.24, 2.45) is 7.05 Å². The van der Waals surface area contributed by atoms with E-state index in [0.29, 0.717) is 12.2 Å². The van der Waals surface area contributed by atoms with Gasteiger partial charge in [-0.1, -0.05) is 18.2 Å². The van der Waals surface area contributed by atoms with Crippen LogP contribution in [0, 0.1) is 0 Å². The van der Waals surface area contributed by atoms with Gasteiger partial charge >= 0.3 is 0 Å². The topological polar surface area (TPSA) is 51.9 Å². The van der Waals surface area contributed by atoms with Crippen LogP contribution in [-0.2, 0) is 13.5 Å². The smallest absolute Gasteiger partial charge is 0.268 e. The molecule has 4 aromatic rings. The number of pyridine rings is 1. The number of rotatable bonds is 5. The van der Waals surface area contributed by atoms with Crippen molar-refractivity contribution in [2.75, 3.05) is 6.54 Å². The van der Waals surface area contributed by atoms with Crippen LogP contribution in [0.25, 0.3) is 21.9 Å². The number of hydrogen-bond donors (Lipinski definition) is 1. The molecule has 5 heteroatoms. The predicted molar refractivity (Wildman–Crippen MR) is 109 cm³/mol. The molecule has 0 saturated carbocycles. The molecule has 0 unspecified atom stereocenters. The van der Waals surface area contributed by atoms with E-state index in [9.17, 15) is 4.79 Å². The summed E-state index contributed by atoms with van der Waals surface area (Å²) in [6.45, 7) is 4.84. The van der Waals surface area contributed by atoms with Gasteiger partial charge < -0.3 is 14.5 Å². The number of nitrogens with zero attached hydrogens (tertiary/aromatic N) is 3. The molecular weight excluding hydrogens is 336 g/mol. The summed E-state index contributed by atoms with van der Waals surface area (Å²) in [4.78, 5) is 16.9. The van der Waals surface area contributed by atoms with E-state index in [4.69, 9.17) is 0 Å².